The van der Waals surface area contributed by atoms with E-state index in [1.165, 1.54) is 0 Å². The van der Waals surface area contributed by atoms with Gasteiger partial charge in [-0.05, 0) is 20.8 Å². The average molecular weight is 172 g/mol. The molecule has 0 saturated carbocycles. The van der Waals surface area contributed by atoms with E-state index in [1.807, 2.05) is 27.8 Å². The van der Waals surface area contributed by atoms with Crippen LogP contribution in [0.15, 0.2) is 0 Å². The lowest BCUT2D eigenvalue weighted by Crippen LogP contribution is -2.34. The third-order valence-electron chi connectivity index (χ3n) is 1.49. The number of hydrogen-bond acceptors (Lipinski definition) is 2. The minimum atomic E-state index is -0.466. The summed E-state index contributed by atoms with van der Waals surface area (Å²) in [4.78, 5) is 11.3. The van der Waals surface area contributed by atoms with Gasteiger partial charge in [-0.3, -0.25) is 4.79 Å². The fourth-order valence-electron chi connectivity index (χ4n) is 1.07. The summed E-state index contributed by atoms with van der Waals surface area (Å²) in [6.45, 7) is 10.2. The molecule has 0 aromatic heterocycles. The van der Waals surface area contributed by atoms with E-state index in [0.29, 0.717) is 13.2 Å². The van der Waals surface area contributed by atoms with Crippen LogP contribution < -0.4 is 0 Å². The summed E-state index contributed by atoms with van der Waals surface area (Å²) in [6, 6.07) is 0. The van der Waals surface area contributed by atoms with Crippen LogP contribution in [0.1, 0.15) is 20.8 Å². The van der Waals surface area contributed by atoms with Gasteiger partial charge in [0.25, 0.3) is 0 Å². The molecule has 0 amide bonds. The quantitative estimate of drug-likeness (QED) is 0.358. The molecule has 0 aromatic rings. The smallest absolute Gasteiger partial charge is 0.317 e. The largest absolute Gasteiger partial charge is 0.465 e. The first kappa shape index (κ1) is 11.1. The van der Waals surface area contributed by atoms with Crippen molar-refractivity contribution in [3.63, 3.8) is 0 Å². The summed E-state index contributed by atoms with van der Waals surface area (Å²) >= 11 is 0. The average Bonchev–Trinajstić information content (AvgIpc) is 1.85. The van der Waals surface area contributed by atoms with E-state index in [2.05, 4.69) is 6.72 Å². The van der Waals surface area contributed by atoms with Gasteiger partial charge in [-0.15, -0.1) is 0 Å². The van der Waals surface area contributed by atoms with Gasteiger partial charge in [0.05, 0.1) is 6.61 Å². The van der Waals surface area contributed by atoms with Crippen molar-refractivity contribution < 1.29 is 14.1 Å². The molecule has 0 heterocycles. The Balaban J connectivity index is 4.18. The number of nitrogens with zero attached hydrogens (tertiary/aromatic N) is 1. The summed E-state index contributed by atoms with van der Waals surface area (Å²) in [5.74, 6) is -0.166. The van der Waals surface area contributed by atoms with Gasteiger partial charge in [0.1, 0.15) is 19.2 Å². The Morgan fingerprint density at radius 1 is 1.58 bits per heavy atom. The highest BCUT2D eigenvalue weighted by Gasteiger charge is 2.32. The predicted molar refractivity (Wildman–Crippen MR) is 48.6 cm³/mol. The predicted octanol–water partition coefficient (Wildman–Crippen LogP) is 0.919. The van der Waals surface area contributed by atoms with Crippen LogP contribution in [-0.4, -0.2) is 37.5 Å². The molecule has 0 aromatic carbocycles. The van der Waals surface area contributed by atoms with E-state index in [1.54, 1.807) is 4.58 Å². The van der Waals surface area contributed by atoms with Crippen molar-refractivity contribution in [3.8, 4) is 0 Å². The number of carbonyl (C=O) groups excluding carboxylic acids is 1. The van der Waals surface area contributed by atoms with Gasteiger partial charge >= 0.3 is 5.97 Å². The Morgan fingerprint density at radius 3 is 2.42 bits per heavy atom. The molecule has 0 aliphatic rings. The summed E-state index contributed by atoms with van der Waals surface area (Å²) in [5, 5.41) is 0. The van der Waals surface area contributed by atoms with Crippen molar-refractivity contribution in [2.45, 2.75) is 20.8 Å². The molecule has 0 unspecified atom stereocenters. The molecule has 0 aliphatic heterocycles. The van der Waals surface area contributed by atoms with Crippen molar-refractivity contribution in [1.82, 2.24) is 0 Å². The van der Waals surface area contributed by atoms with Crippen LogP contribution in [0, 0.1) is 5.41 Å². The van der Waals surface area contributed by atoms with Gasteiger partial charge in [-0.2, -0.15) is 0 Å². The Kier molecular flexibility index (Phi) is 3.93. The number of hydrogen-bond donors (Lipinski definition) is 0. The Hall–Kier alpha value is -0.860. The number of carbonyl (C=O) groups is 1. The molecule has 70 valence electrons. The van der Waals surface area contributed by atoms with Gasteiger partial charge in [-0.25, -0.2) is 4.58 Å². The zero-order valence-corrected chi connectivity index (χ0v) is 8.39. The van der Waals surface area contributed by atoms with E-state index in [-0.39, 0.29) is 5.97 Å². The fourth-order valence-corrected chi connectivity index (χ4v) is 1.07. The van der Waals surface area contributed by atoms with Crippen molar-refractivity contribution in [2.24, 2.45) is 5.41 Å². The molecule has 3 nitrogen and oxygen atoms in total. The van der Waals surface area contributed by atoms with Crippen molar-refractivity contribution in [2.75, 3.05) is 20.2 Å². The van der Waals surface area contributed by atoms with Crippen LogP contribution in [0.4, 0.5) is 0 Å². The molecule has 0 rings (SSSR count). The van der Waals surface area contributed by atoms with Crippen LogP contribution in [0.25, 0.3) is 0 Å². The van der Waals surface area contributed by atoms with Crippen LogP contribution >= 0.6 is 0 Å². The van der Waals surface area contributed by atoms with Gasteiger partial charge in [0.2, 0.25) is 0 Å². The Labute approximate surface area is 74.0 Å². The van der Waals surface area contributed by atoms with Gasteiger partial charge in [0, 0.05) is 0 Å². The first-order valence-corrected chi connectivity index (χ1v) is 4.09. The van der Waals surface area contributed by atoms with E-state index >= 15 is 0 Å². The van der Waals surface area contributed by atoms with E-state index in [9.17, 15) is 4.79 Å². The molecule has 0 aliphatic carbocycles. The maximum atomic E-state index is 11.3. The van der Waals surface area contributed by atoms with Gasteiger partial charge in [-0.1, -0.05) is 0 Å². The second kappa shape index (κ2) is 4.24. The van der Waals surface area contributed by atoms with Crippen LogP contribution in [0.5, 0.6) is 0 Å². The summed E-state index contributed by atoms with van der Waals surface area (Å²) in [7, 11) is 1.83. The monoisotopic (exact) mass is 172 g/mol. The van der Waals surface area contributed by atoms with E-state index < -0.39 is 5.41 Å². The molecule has 0 saturated heterocycles. The maximum Gasteiger partial charge on any atom is 0.317 e. The lowest BCUT2D eigenvalue weighted by molar-refractivity contribution is -0.500. The lowest BCUT2D eigenvalue weighted by atomic mass is 9.94. The van der Waals surface area contributed by atoms with E-state index in [4.69, 9.17) is 4.74 Å². The minimum absolute atomic E-state index is 0.166. The third-order valence-corrected chi connectivity index (χ3v) is 1.49. The van der Waals surface area contributed by atoms with Gasteiger partial charge < -0.3 is 4.74 Å². The second-order valence-corrected chi connectivity index (χ2v) is 3.62. The van der Waals surface area contributed by atoms with E-state index in [0.717, 1.165) is 0 Å². The molecule has 0 spiro atoms. The normalized spacial score (nSPS) is 11.0. The van der Waals surface area contributed by atoms with Crippen LogP contribution in [0.3, 0.4) is 0 Å². The van der Waals surface area contributed by atoms with Crippen molar-refractivity contribution in [3.05, 3.63) is 0 Å². The molecule has 0 atom stereocenters. The third kappa shape index (κ3) is 3.51. The minimum Gasteiger partial charge on any atom is -0.465 e. The first-order valence-electron chi connectivity index (χ1n) is 4.09. The molecule has 0 fully saturated rings. The first-order chi connectivity index (χ1) is 5.40. The summed E-state index contributed by atoms with van der Waals surface area (Å²) in [5.41, 5.74) is -0.466. The lowest BCUT2D eigenvalue weighted by Gasteiger charge is -2.18. The molecule has 0 N–H and O–H groups in total. The SMILES string of the molecule is C=[N+](C)CC(C)(C)C(=O)OCC. The molecular formula is C9H18NO2+. The molecule has 0 radical (unpaired) electrons. The van der Waals surface area contributed by atoms with Crippen LogP contribution in [-0.2, 0) is 9.53 Å². The number of ether oxygens (including phenoxy) is 1. The zero-order valence-electron chi connectivity index (χ0n) is 8.39. The highest BCUT2D eigenvalue weighted by molar-refractivity contribution is 5.75. The Bertz CT molecular complexity index is 185. The number of rotatable bonds is 4. The highest BCUT2D eigenvalue weighted by Crippen LogP contribution is 2.16. The highest BCUT2D eigenvalue weighted by atomic mass is 16.5. The standard InChI is InChI=1S/C9H18NO2/c1-6-12-8(11)9(2,3)7-10(4)5/h4,6-7H2,1-3,5H3/q+1. The van der Waals surface area contributed by atoms with Crippen LogP contribution in [0.2, 0.25) is 0 Å². The van der Waals surface area contributed by atoms with Crippen molar-refractivity contribution in [1.29, 1.82) is 0 Å². The molecule has 12 heavy (non-hydrogen) atoms. The molecule has 0 bridgehead atoms. The zero-order chi connectivity index (χ0) is 9.78. The molecule has 3 heteroatoms. The Morgan fingerprint density at radius 2 is 2.08 bits per heavy atom. The topological polar surface area (TPSA) is 29.3 Å². The summed E-state index contributed by atoms with van der Waals surface area (Å²) < 4.78 is 6.65. The fraction of sp³-hybridized carbons (Fsp3) is 0.778. The van der Waals surface area contributed by atoms with Gasteiger partial charge in [0.15, 0.2) is 6.54 Å². The number of esters is 1. The maximum absolute atomic E-state index is 11.3. The molecular weight excluding hydrogens is 154 g/mol. The summed E-state index contributed by atoms with van der Waals surface area (Å²) in [6.07, 6.45) is 0. The second-order valence-electron chi connectivity index (χ2n) is 3.62. The van der Waals surface area contributed by atoms with Crippen molar-refractivity contribution >= 4 is 12.7 Å².